The summed E-state index contributed by atoms with van der Waals surface area (Å²) in [6.07, 6.45) is 0. The Balaban J connectivity index is 0.000000972. The first-order valence-corrected chi connectivity index (χ1v) is 7.23. The minimum Gasteiger partial charge on any atom is -0.511 e. The minimum absolute atomic E-state index is 0.176. The fourth-order valence-electron chi connectivity index (χ4n) is 1.64. The number of hydrogen-bond donors (Lipinski definition) is 4. The minimum atomic E-state index is -1.05. The van der Waals surface area contributed by atoms with Gasteiger partial charge in [0.25, 0.3) is 0 Å². The molecule has 11 nitrogen and oxygen atoms in total. The van der Waals surface area contributed by atoms with E-state index in [1.165, 1.54) is 6.92 Å². The van der Waals surface area contributed by atoms with Gasteiger partial charge in [-0.15, -0.1) is 0 Å². The van der Waals surface area contributed by atoms with Crippen LogP contribution in [0.25, 0.3) is 0 Å². The predicted molar refractivity (Wildman–Crippen MR) is 97.0 cm³/mol. The Labute approximate surface area is 153 Å². The molecule has 1 rings (SSSR count). The van der Waals surface area contributed by atoms with Crippen LogP contribution in [-0.2, 0) is 24.4 Å². The molecule has 0 aromatic carbocycles. The highest BCUT2D eigenvalue weighted by molar-refractivity contribution is 5.84. The van der Waals surface area contributed by atoms with Gasteiger partial charge in [-0.1, -0.05) is 26.3 Å². The van der Waals surface area contributed by atoms with Crippen molar-refractivity contribution in [3.63, 3.8) is 0 Å². The van der Waals surface area contributed by atoms with Gasteiger partial charge in [-0.2, -0.15) is 0 Å². The zero-order valence-corrected chi connectivity index (χ0v) is 14.7. The highest BCUT2D eigenvalue weighted by Crippen LogP contribution is 1.90. The molecule has 1 aromatic rings. The van der Waals surface area contributed by atoms with Crippen molar-refractivity contribution in [3.05, 3.63) is 80.6 Å². The van der Waals surface area contributed by atoms with Crippen molar-refractivity contribution in [1.29, 1.82) is 0 Å². The SMILES string of the molecule is C=C(C)C(=O)O.C=C(O)Cn1c(=O)n(CC(=C)O)c(=O)n(CC(=C)O)c1=O. The molecule has 11 heteroatoms. The van der Waals surface area contributed by atoms with Gasteiger partial charge in [-0.3, -0.25) is 0 Å². The number of carbonyl (C=O) groups is 1. The molecule has 0 amide bonds. The molecule has 1 aromatic heterocycles. The van der Waals surface area contributed by atoms with Crippen LogP contribution < -0.4 is 17.1 Å². The van der Waals surface area contributed by atoms with Gasteiger partial charge in [0.2, 0.25) is 0 Å². The lowest BCUT2D eigenvalue weighted by atomic mass is 10.4. The van der Waals surface area contributed by atoms with Crippen LogP contribution in [0.15, 0.2) is 63.5 Å². The number of aromatic nitrogens is 3. The lowest BCUT2D eigenvalue weighted by Gasteiger charge is -2.12. The molecule has 0 unspecified atom stereocenters. The van der Waals surface area contributed by atoms with E-state index in [9.17, 15) is 19.2 Å². The summed E-state index contributed by atoms with van der Waals surface area (Å²) in [6.45, 7) is 12.5. The molecule has 0 aliphatic heterocycles. The summed E-state index contributed by atoms with van der Waals surface area (Å²) in [5.41, 5.74) is -2.96. The molecule has 0 saturated heterocycles. The summed E-state index contributed by atoms with van der Waals surface area (Å²) in [6, 6.07) is 0. The number of aliphatic hydroxyl groups is 3. The number of rotatable bonds is 7. The second-order valence-corrected chi connectivity index (χ2v) is 5.39. The zero-order chi connectivity index (χ0) is 21.5. The molecule has 27 heavy (non-hydrogen) atoms. The third kappa shape index (κ3) is 6.94. The molecule has 1 heterocycles. The van der Waals surface area contributed by atoms with E-state index in [1.54, 1.807) is 0 Å². The van der Waals surface area contributed by atoms with Crippen LogP contribution in [0.3, 0.4) is 0 Å². The number of aliphatic carboxylic acids is 1. The Morgan fingerprint density at radius 3 is 1.00 bits per heavy atom. The second kappa shape index (κ2) is 9.65. The fraction of sp³-hybridized carbons (Fsp3) is 0.250. The number of aliphatic hydroxyl groups excluding tert-OH is 3. The average molecular weight is 383 g/mol. The first kappa shape index (κ1) is 23.2. The Morgan fingerprint density at radius 1 is 0.704 bits per heavy atom. The largest absolute Gasteiger partial charge is 0.511 e. The first-order valence-electron chi connectivity index (χ1n) is 7.23. The van der Waals surface area contributed by atoms with Crippen molar-refractivity contribution in [1.82, 2.24) is 13.7 Å². The van der Waals surface area contributed by atoms with Crippen LogP contribution in [0.2, 0.25) is 0 Å². The zero-order valence-electron chi connectivity index (χ0n) is 14.7. The van der Waals surface area contributed by atoms with Gasteiger partial charge in [-0.05, 0) is 6.92 Å². The Bertz CT molecular complexity index is 814. The lowest BCUT2D eigenvalue weighted by molar-refractivity contribution is -0.132. The monoisotopic (exact) mass is 383 g/mol. The van der Waals surface area contributed by atoms with E-state index in [-0.39, 0.29) is 5.57 Å². The van der Waals surface area contributed by atoms with E-state index in [0.29, 0.717) is 13.7 Å². The van der Waals surface area contributed by atoms with Gasteiger partial charge >= 0.3 is 23.0 Å². The van der Waals surface area contributed by atoms with Crippen LogP contribution in [0.1, 0.15) is 6.92 Å². The first-order chi connectivity index (χ1) is 12.3. The number of hydrogen-bond acceptors (Lipinski definition) is 7. The standard InChI is InChI=1S/C12H15N3O6.C4H6O2/c1-7(16)4-13-10(19)14(5-8(2)17)12(21)15(11(13)20)6-9(3)18;1-3(2)4(5)6/h16-18H,1-6H2;1H2,2H3,(H,5,6). The lowest BCUT2D eigenvalue weighted by Crippen LogP contribution is -2.55. The summed E-state index contributed by atoms with van der Waals surface area (Å²) in [5, 5.41) is 35.3. The van der Waals surface area contributed by atoms with Crippen molar-refractivity contribution >= 4 is 5.97 Å². The molecule has 0 bridgehead atoms. The highest BCUT2D eigenvalue weighted by Gasteiger charge is 2.16. The topological polar surface area (TPSA) is 164 Å². The van der Waals surface area contributed by atoms with E-state index < -0.39 is 60.0 Å². The van der Waals surface area contributed by atoms with Crippen LogP contribution in [-0.4, -0.2) is 40.1 Å². The number of carboxylic acid groups (broad SMARTS) is 1. The molecular weight excluding hydrogens is 362 g/mol. The van der Waals surface area contributed by atoms with Gasteiger partial charge in [0.1, 0.15) is 17.3 Å². The summed E-state index contributed by atoms with van der Waals surface area (Å²) in [7, 11) is 0. The fourth-order valence-corrected chi connectivity index (χ4v) is 1.64. The molecule has 0 radical (unpaired) electrons. The van der Waals surface area contributed by atoms with Gasteiger partial charge in [0.15, 0.2) is 0 Å². The summed E-state index contributed by atoms with van der Waals surface area (Å²) < 4.78 is 1.61. The Hall–Kier alpha value is -3.76. The van der Waals surface area contributed by atoms with E-state index in [1.807, 2.05) is 0 Å². The third-order valence-corrected chi connectivity index (χ3v) is 2.77. The molecule has 0 spiro atoms. The van der Waals surface area contributed by atoms with Crippen molar-refractivity contribution in [2.75, 3.05) is 0 Å². The van der Waals surface area contributed by atoms with E-state index in [4.69, 9.17) is 20.4 Å². The number of nitrogens with zero attached hydrogens (tertiary/aromatic N) is 3. The molecule has 0 fully saturated rings. The van der Waals surface area contributed by atoms with Crippen molar-refractivity contribution < 1.29 is 25.2 Å². The maximum atomic E-state index is 12.0. The molecule has 0 aliphatic rings. The van der Waals surface area contributed by atoms with Gasteiger partial charge < -0.3 is 20.4 Å². The van der Waals surface area contributed by atoms with Gasteiger partial charge in [0, 0.05) is 5.57 Å². The molecule has 148 valence electrons. The Morgan fingerprint density at radius 2 is 0.889 bits per heavy atom. The van der Waals surface area contributed by atoms with Gasteiger partial charge in [0.05, 0.1) is 19.6 Å². The van der Waals surface area contributed by atoms with Crippen molar-refractivity contribution in [2.24, 2.45) is 0 Å². The van der Waals surface area contributed by atoms with Crippen molar-refractivity contribution in [2.45, 2.75) is 26.6 Å². The number of carboxylic acids is 1. The molecular formula is C16H21N3O8. The second-order valence-electron chi connectivity index (χ2n) is 5.39. The van der Waals surface area contributed by atoms with Crippen LogP contribution in [0, 0.1) is 0 Å². The highest BCUT2D eigenvalue weighted by atomic mass is 16.4. The maximum absolute atomic E-state index is 12.0. The van der Waals surface area contributed by atoms with E-state index >= 15 is 0 Å². The summed E-state index contributed by atoms with van der Waals surface area (Å²) in [5.74, 6) is -2.36. The molecule has 4 N–H and O–H groups in total. The molecule has 0 saturated carbocycles. The van der Waals surface area contributed by atoms with Crippen molar-refractivity contribution in [3.8, 4) is 0 Å². The number of allylic oxidation sites excluding steroid dienone is 3. The normalized spacial score (nSPS) is 9.67. The van der Waals surface area contributed by atoms with Crippen LogP contribution >= 0.6 is 0 Å². The summed E-state index contributed by atoms with van der Waals surface area (Å²) in [4.78, 5) is 45.7. The summed E-state index contributed by atoms with van der Waals surface area (Å²) >= 11 is 0. The van der Waals surface area contributed by atoms with E-state index in [0.717, 1.165) is 0 Å². The maximum Gasteiger partial charge on any atom is 0.337 e. The van der Waals surface area contributed by atoms with E-state index in [2.05, 4.69) is 26.3 Å². The molecule has 0 aliphatic carbocycles. The third-order valence-electron chi connectivity index (χ3n) is 2.77. The Kier molecular flexibility index (Phi) is 8.31. The smallest absolute Gasteiger partial charge is 0.337 e. The van der Waals surface area contributed by atoms with Gasteiger partial charge in [-0.25, -0.2) is 32.9 Å². The molecule has 0 atom stereocenters. The van der Waals surface area contributed by atoms with Crippen LogP contribution in [0.4, 0.5) is 0 Å². The quantitative estimate of drug-likeness (QED) is 0.378. The van der Waals surface area contributed by atoms with Crippen LogP contribution in [0.5, 0.6) is 0 Å². The predicted octanol–water partition coefficient (Wildman–Crippen LogP) is 0.0339. The average Bonchev–Trinajstić information content (AvgIpc) is 2.52.